The van der Waals surface area contributed by atoms with Crippen molar-refractivity contribution in [1.82, 2.24) is 0 Å². The van der Waals surface area contributed by atoms with E-state index in [-0.39, 0.29) is 5.78 Å². The van der Waals surface area contributed by atoms with Gasteiger partial charge in [-0.1, -0.05) is 24.3 Å². The number of hydrogen-bond donors (Lipinski definition) is 0. The summed E-state index contributed by atoms with van der Waals surface area (Å²) in [6.07, 6.45) is 2.79. The molecule has 1 aliphatic rings. The molecular weight excluding hydrogens is 280 g/mol. The highest BCUT2D eigenvalue weighted by atomic mass is 32.2. The fraction of sp³-hybridized carbons (Fsp3) is 0.167. The lowest BCUT2D eigenvalue weighted by Gasteiger charge is -2.05. The number of hydrogen-bond acceptors (Lipinski definition) is 3. The van der Waals surface area contributed by atoms with Crippen LogP contribution in [0.25, 0.3) is 6.08 Å². The molecule has 0 saturated heterocycles. The van der Waals surface area contributed by atoms with Crippen molar-refractivity contribution in [2.24, 2.45) is 0 Å². The molecule has 3 heteroatoms. The van der Waals surface area contributed by atoms with Crippen molar-refractivity contribution in [2.45, 2.75) is 11.3 Å². The van der Waals surface area contributed by atoms with Gasteiger partial charge in [-0.3, -0.25) is 4.79 Å². The van der Waals surface area contributed by atoms with Gasteiger partial charge in [0.1, 0.15) is 5.75 Å². The summed E-state index contributed by atoms with van der Waals surface area (Å²) in [4.78, 5) is 13.7. The van der Waals surface area contributed by atoms with Gasteiger partial charge >= 0.3 is 0 Å². The average molecular weight is 296 g/mol. The number of ketones is 1. The Kier molecular flexibility index (Phi) is 4.11. The lowest BCUT2D eigenvalue weighted by atomic mass is 9.99. The van der Waals surface area contributed by atoms with E-state index < -0.39 is 0 Å². The van der Waals surface area contributed by atoms with Crippen LogP contribution < -0.4 is 4.74 Å². The van der Waals surface area contributed by atoms with Crippen molar-refractivity contribution in [3.63, 3.8) is 0 Å². The van der Waals surface area contributed by atoms with Crippen LogP contribution in [-0.4, -0.2) is 18.6 Å². The Morgan fingerprint density at radius 3 is 2.62 bits per heavy atom. The molecule has 0 radical (unpaired) electrons. The Balaban J connectivity index is 1.94. The molecule has 0 fully saturated rings. The molecule has 0 atom stereocenters. The van der Waals surface area contributed by atoms with Crippen molar-refractivity contribution >= 4 is 23.6 Å². The highest BCUT2D eigenvalue weighted by Crippen LogP contribution is 2.31. The summed E-state index contributed by atoms with van der Waals surface area (Å²) < 4.78 is 5.16. The topological polar surface area (TPSA) is 26.3 Å². The second-order valence-electron chi connectivity index (χ2n) is 4.87. The van der Waals surface area contributed by atoms with E-state index in [1.807, 2.05) is 54.6 Å². The highest BCUT2D eigenvalue weighted by Gasteiger charge is 2.19. The van der Waals surface area contributed by atoms with Gasteiger partial charge in [0.15, 0.2) is 5.78 Å². The Morgan fingerprint density at radius 1 is 1.10 bits per heavy atom. The first-order valence-electron chi connectivity index (χ1n) is 6.89. The van der Waals surface area contributed by atoms with Crippen LogP contribution in [0, 0.1) is 0 Å². The molecular formula is C18H16O2S. The van der Waals surface area contributed by atoms with Gasteiger partial charge in [0, 0.05) is 21.8 Å². The van der Waals surface area contributed by atoms with Crippen LogP contribution in [0.5, 0.6) is 5.75 Å². The van der Waals surface area contributed by atoms with E-state index in [1.54, 1.807) is 18.9 Å². The fourth-order valence-electron chi connectivity index (χ4n) is 2.38. The summed E-state index contributed by atoms with van der Waals surface area (Å²) in [7, 11) is 1.65. The van der Waals surface area contributed by atoms with Gasteiger partial charge < -0.3 is 4.74 Å². The Morgan fingerprint density at radius 2 is 1.86 bits per heavy atom. The van der Waals surface area contributed by atoms with E-state index in [2.05, 4.69) is 0 Å². The monoisotopic (exact) mass is 296 g/mol. The van der Waals surface area contributed by atoms with Crippen LogP contribution >= 0.6 is 11.8 Å². The maximum Gasteiger partial charge on any atom is 0.190 e. The van der Waals surface area contributed by atoms with Crippen LogP contribution in [0.4, 0.5) is 0 Å². The molecule has 0 saturated carbocycles. The zero-order valence-electron chi connectivity index (χ0n) is 11.8. The summed E-state index contributed by atoms with van der Waals surface area (Å²) in [6, 6.07) is 15.6. The second kappa shape index (κ2) is 6.19. The fourth-order valence-corrected chi connectivity index (χ4v) is 3.41. The van der Waals surface area contributed by atoms with E-state index in [1.165, 1.54) is 0 Å². The van der Waals surface area contributed by atoms with Gasteiger partial charge in [-0.25, -0.2) is 0 Å². The predicted molar refractivity (Wildman–Crippen MR) is 87.1 cm³/mol. The average Bonchev–Trinajstić information content (AvgIpc) is 2.69. The molecule has 0 N–H and O–H groups in total. The third-order valence-electron chi connectivity index (χ3n) is 3.51. The van der Waals surface area contributed by atoms with Gasteiger partial charge in [-0.05, 0) is 42.3 Å². The molecule has 21 heavy (non-hydrogen) atoms. The maximum atomic E-state index is 12.7. The van der Waals surface area contributed by atoms with Crippen LogP contribution in [0.3, 0.4) is 0 Å². The number of Topliss-reactive ketones (excluding diaryl/α,β-unsaturated/α-hetero) is 1. The van der Waals surface area contributed by atoms with Gasteiger partial charge in [0.05, 0.1) is 7.11 Å². The van der Waals surface area contributed by atoms with Crippen molar-refractivity contribution in [2.75, 3.05) is 12.9 Å². The first kappa shape index (κ1) is 14.0. The number of methoxy groups -OCH3 is 1. The Bertz CT molecular complexity index is 687. The summed E-state index contributed by atoms with van der Waals surface area (Å²) in [6.45, 7) is 0. The lowest BCUT2D eigenvalue weighted by molar-refractivity contribution is 0.103. The number of allylic oxidation sites excluding steroid dienone is 1. The van der Waals surface area contributed by atoms with Crippen molar-refractivity contribution in [3.05, 3.63) is 65.2 Å². The van der Waals surface area contributed by atoms with Crippen LogP contribution in [0.1, 0.15) is 22.3 Å². The smallest absolute Gasteiger partial charge is 0.190 e. The highest BCUT2D eigenvalue weighted by molar-refractivity contribution is 7.99. The third kappa shape index (κ3) is 3.03. The number of fused-ring (bicyclic) bond motifs is 1. The molecule has 1 aliphatic heterocycles. The number of ether oxygens (including phenoxy) is 1. The van der Waals surface area contributed by atoms with E-state index in [0.29, 0.717) is 0 Å². The molecule has 0 aliphatic carbocycles. The van der Waals surface area contributed by atoms with Crippen molar-refractivity contribution < 1.29 is 9.53 Å². The molecule has 2 aromatic carbocycles. The molecule has 0 aromatic heterocycles. The predicted octanol–water partition coefficient (Wildman–Crippen LogP) is 4.46. The minimum Gasteiger partial charge on any atom is -0.497 e. The molecule has 0 unspecified atom stereocenters. The standard InChI is InChI=1S/C18H16O2S/c1-20-15-8-6-13(7-9-15)12-14-10-11-21-17-5-3-2-4-16(17)18(14)19/h2-9,12H,10-11H2,1H3/b14-12+. The molecule has 106 valence electrons. The van der Waals surface area contributed by atoms with E-state index >= 15 is 0 Å². The van der Waals surface area contributed by atoms with Crippen molar-refractivity contribution in [3.8, 4) is 5.75 Å². The lowest BCUT2D eigenvalue weighted by Crippen LogP contribution is -2.02. The van der Waals surface area contributed by atoms with Crippen LogP contribution in [0.2, 0.25) is 0 Å². The number of benzene rings is 2. The maximum absolute atomic E-state index is 12.7. The van der Waals surface area contributed by atoms with Crippen molar-refractivity contribution in [1.29, 1.82) is 0 Å². The van der Waals surface area contributed by atoms with Gasteiger partial charge in [-0.2, -0.15) is 0 Å². The largest absolute Gasteiger partial charge is 0.497 e. The van der Waals surface area contributed by atoms with Gasteiger partial charge in [0.25, 0.3) is 0 Å². The second-order valence-corrected chi connectivity index (χ2v) is 6.00. The van der Waals surface area contributed by atoms with E-state index in [0.717, 1.165) is 39.5 Å². The van der Waals surface area contributed by atoms with Crippen LogP contribution in [0.15, 0.2) is 59.0 Å². The van der Waals surface area contributed by atoms with E-state index in [4.69, 9.17) is 4.74 Å². The summed E-state index contributed by atoms with van der Waals surface area (Å²) in [5.74, 6) is 1.90. The summed E-state index contributed by atoms with van der Waals surface area (Å²) >= 11 is 1.75. The number of carbonyl (C=O) groups excluding carboxylic acids is 1. The third-order valence-corrected chi connectivity index (χ3v) is 4.58. The van der Waals surface area contributed by atoms with Gasteiger partial charge in [0.2, 0.25) is 0 Å². The first-order chi connectivity index (χ1) is 10.3. The first-order valence-corrected chi connectivity index (χ1v) is 7.87. The number of rotatable bonds is 2. The zero-order valence-corrected chi connectivity index (χ0v) is 12.7. The Hall–Kier alpha value is -2.00. The normalized spacial score (nSPS) is 16.4. The summed E-state index contributed by atoms with van der Waals surface area (Å²) in [5.41, 5.74) is 2.72. The number of thioether (sulfide) groups is 1. The zero-order chi connectivity index (χ0) is 14.7. The van der Waals surface area contributed by atoms with Crippen LogP contribution in [-0.2, 0) is 0 Å². The molecule has 0 spiro atoms. The minimum absolute atomic E-state index is 0.145. The molecule has 1 heterocycles. The minimum atomic E-state index is 0.145. The van der Waals surface area contributed by atoms with Gasteiger partial charge in [-0.15, -0.1) is 11.8 Å². The Labute approximate surface area is 128 Å². The molecule has 0 amide bonds. The van der Waals surface area contributed by atoms with E-state index in [9.17, 15) is 4.79 Å². The molecule has 2 aromatic rings. The molecule has 2 nitrogen and oxygen atoms in total. The number of carbonyl (C=O) groups is 1. The summed E-state index contributed by atoms with van der Waals surface area (Å²) in [5, 5.41) is 0. The molecule has 3 rings (SSSR count). The SMILES string of the molecule is COc1ccc(/C=C2\CCSc3ccccc3C2=O)cc1. The quantitative estimate of drug-likeness (QED) is 0.765. The molecule has 0 bridgehead atoms.